The highest BCUT2D eigenvalue weighted by molar-refractivity contribution is 9.10. The van der Waals surface area contributed by atoms with Gasteiger partial charge in [0.15, 0.2) is 5.65 Å². The standard InChI is InChI=1S/C18H18BrN5O4S/c1-9(24-29(26,27)12-5-3-11(28-2)4-6-12)15-14(19)8-10-7-13(17(21)25)16(20)23-18(10)22-15/h3-9,24H,1-2H3,(H2,21,25)(H2,20,22,23). The van der Waals surface area contributed by atoms with Gasteiger partial charge in [-0.25, -0.2) is 23.1 Å². The van der Waals surface area contributed by atoms with Crippen LogP contribution in [0.5, 0.6) is 5.75 Å². The van der Waals surface area contributed by atoms with Crippen molar-refractivity contribution in [1.29, 1.82) is 0 Å². The fourth-order valence-electron chi connectivity index (χ4n) is 2.72. The number of carbonyl (C=O) groups excluding carboxylic acids is 1. The van der Waals surface area contributed by atoms with E-state index in [0.717, 1.165) is 0 Å². The molecule has 0 fully saturated rings. The highest BCUT2D eigenvalue weighted by atomic mass is 79.9. The number of halogens is 1. The molecule has 0 aliphatic heterocycles. The minimum Gasteiger partial charge on any atom is -0.497 e. The van der Waals surface area contributed by atoms with E-state index in [2.05, 4.69) is 30.6 Å². The number of nitrogens with two attached hydrogens (primary N) is 2. The molecule has 1 aromatic carbocycles. The maximum Gasteiger partial charge on any atom is 0.252 e. The molecule has 1 atom stereocenters. The van der Waals surface area contributed by atoms with Gasteiger partial charge in [0.05, 0.1) is 29.3 Å². The molecule has 3 aromatic rings. The van der Waals surface area contributed by atoms with Gasteiger partial charge in [-0.1, -0.05) is 0 Å². The number of ether oxygens (including phenoxy) is 1. The number of hydrogen-bond acceptors (Lipinski definition) is 7. The molecule has 0 aliphatic carbocycles. The Bertz CT molecular complexity index is 1200. The van der Waals surface area contributed by atoms with Crippen molar-refractivity contribution in [2.75, 3.05) is 12.8 Å². The monoisotopic (exact) mass is 479 g/mol. The highest BCUT2D eigenvalue weighted by Crippen LogP contribution is 2.28. The Morgan fingerprint density at radius 3 is 2.45 bits per heavy atom. The number of pyridine rings is 2. The van der Waals surface area contributed by atoms with Crippen LogP contribution in [0.3, 0.4) is 0 Å². The zero-order valence-corrected chi connectivity index (χ0v) is 17.9. The number of anilines is 1. The van der Waals surface area contributed by atoms with E-state index in [1.807, 2.05) is 0 Å². The van der Waals surface area contributed by atoms with Crippen LogP contribution < -0.4 is 20.9 Å². The maximum absolute atomic E-state index is 12.7. The van der Waals surface area contributed by atoms with Crippen LogP contribution >= 0.6 is 15.9 Å². The van der Waals surface area contributed by atoms with Crippen molar-refractivity contribution in [3.63, 3.8) is 0 Å². The third kappa shape index (κ3) is 4.31. The summed E-state index contributed by atoms with van der Waals surface area (Å²) in [5.74, 6) is -0.190. The molecule has 29 heavy (non-hydrogen) atoms. The summed E-state index contributed by atoms with van der Waals surface area (Å²) in [6.07, 6.45) is 0. The van der Waals surface area contributed by atoms with Gasteiger partial charge in [0.2, 0.25) is 10.0 Å². The van der Waals surface area contributed by atoms with E-state index in [4.69, 9.17) is 16.2 Å². The molecule has 2 heterocycles. The lowest BCUT2D eigenvalue weighted by Gasteiger charge is -2.16. The van der Waals surface area contributed by atoms with E-state index < -0.39 is 22.0 Å². The van der Waals surface area contributed by atoms with Gasteiger partial charge in [0.1, 0.15) is 11.6 Å². The zero-order valence-electron chi connectivity index (χ0n) is 15.5. The van der Waals surface area contributed by atoms with Gasteiger partial charge in [0.25, 0.3) is 5.91 Å². The normalized spacial score (nSPS) is 12.7. The van der Waals surface area contributed by atoms with Crippen molar-refractivity contribution in [1.82, 2.24) is 14.7 Å². The molecule has 0 saturated carbocycles. The Morgan fingerprint density at radius 1 is 1.21 bits per heavy atom. The average Bonchev–Trinajstić information content (AvgIpc) is 2.66. The van der Waals surface area contributed by atoms with E-state index in [9.17, 15) is 13.2 Å². The first-order valence-corrected chi connectivity index (χ1v) is 10.6. The molecule has 3 rings (SSSR count). The summed E-state index contributed by atoms with van der Waals surface area (Å²) in [7, 11) is -2.30. The molecule has 11 heteroatoms. The lowest BCUT2D eigenvalue weighted by Crippen LogP contribution is -2.27. The van der Waals surface area contributed by atoms with Crippen LogP contribution in [0.2, 0.25) is 0 Å². The number of primary amides is 1. The van der Waals surface area contributed by atoms with Crippen LogP contribution in [0.1, 0.15) is 29.0 Å². The summed E-state index contributed by atoms with van der Waals surface area (Å²) in [6, 6.07) is 8.51. The molecular weight excluding hydrogens is 462 g/mol. The molecule has 5 N–H and O–H groups in total. The van der Waals surface area contributed by atoms with Crippen LogP contribution in [0.4, 0.5) is 5.82 Å². The average molecular weight is 480 g/mol. The minimum atomic E-state index is -3.80. The van der Waals surface area contributed by atoms with Gasteiger partial charge in [-0.15, -0.1) is 0 Å². The number of amides is 1. The van der Waals surface area contributed by atoms with Crippen molar-refractivity contribution in [3.05, 3.63) is 52.1 Å². The maximum atomic E-state index is 12.7. The summed E-state index contributed by atoms with van der Waals surface area (Å²) in [4.78, 5) is 20.0. The first kappa shape index (κ1) is 21.0. The summed E-state index contributed by atoms with van der Waals surface area (Å²) >= 11 is 3.39. The molecule has 9 nitrogen and oxygen atoms in total. The van der Waals surface area contributed by atoms with Gasteiger partial charge in [-0.2, -0.15) is 0 Å². The number of methoxy groups -OCH3 is 1. The number of rotatable bonds is 6. The van der Waals surface area contributed by atoms with Gasteiger partial charge in [0, 0.05) is 9.86 Å². The number of hydrogen-bond donors (Lipinski definition) is 3. The predicted octanol–water partition coefficient (Wildman–Crippen LogP) is 2.12. The Labute approximate surface area is 175 Å². The van der Waals surface area contributed by atoms with Crippen molar-refractivity contribution in [2.24, 2.45) is 5.73 Å². The first-order chi connectivity index (χ1) is 13.6. The minimum absolute atomic E-state index is 0.0442. The summed E-state index contributed by atoms with van der Waals surface area (Å²) in [5.41, 5.74) is 11.8. The summed E-state index contributed by atoms with van der Waals surface area (Å²) in [6.45, 7) is 1.65. The smallest absolute Gasteiger partial charge is 0.252 e. The zero-order chi connectivity index (χ0) is 21.3. The summed E-state index contributed by atoms with van der Waals surface area (Å²) in [5, 5.41) is 0.536. The molecule has 0 saturated heterocycles. The van der Waals surface area contributed by atoms with Crippen LogP contribution in [0.25, 0.3) is 11.0 Å². The van der Waals surface area contributed by atoms with Crippen molar-refractivity contribution < 1.29 is 17.9 Å². The topological polar surface area (TPSA) is 150 Å². The van der Waals surface area contributed by atoms with Gasteiger partial charge in [-0.3, -0.25) is 4.79 Å². The lowest BCUT2D eigenvalue weighted by molar-refractivity contribution is 0.100. The largest absolute Gasteiger partial charge is 0.497 e. The molecule has 0 aliphatic rings. The number of fused-ring (bicyclic) bond motifs is 1. The van der Waals surface area contributed by atoms with E-state index in [-0.39, 0.29) is 21.9 Å². The number of nitrogen functional groups attached to an aromatic ring is 1. The van der Waals surface area contributed by atoms with Crippen LogP contribution in [0, 0.1) is 0 Å². The molecule has 0 bridgehead atoms. The van der Waals surface area contributed by atoms with Crippen LogP contribution in [0.15, 0.2) is 45.8 Å². The van der Waals surface area contributed by atoms with E-state index >= 15 is 0 Å². The quantitative estimate of drug-likeness (QED) is 0.489. The SMILES string of the molecule is COc1ccc(S(=O)(=O)NC(C)c2nc3nc(N)c(C(N)=O)cc3cc2Br)cc1. The van der Waals surface area contributed by atoms with Crippen molar-refractivity contribution >= 4 is 48.7 Å². The van der Waals surface area contributed by atoms with Gasteiger partial charge < -0.3 is 16.2 Å². The molecule has 2 aromatic heterocycles. The number of nitrogens with zero attached hydrogens (tertiary/aromatic N) is 2. The molecular formula is C18H18BrN5O4S. The molecule has 1 amide bonds. The van der Waals surface area contributed by atoms with Gasteiger partial charge >= 0.3 is 0 Å². The Kier molecular flexibility index (Phi) is 5.73. The van der Waals surface area contributed by atoms with E-state index in [1.165, 1.54) is 25.3 Å². The number of nitrogens with one attached hydrogen (secondary N) is 1. The first-order valence-electron chi connectivity index (χ1n) is 8.35. The second kappa shape index (κ2) is 7.93. The number of carbonyl (C=O) groups is 1. The van der Waals surface area contributed by atoms with Crippen molar-refractivity contribution in [3.8, 4) is 5.75 Å². The highest BCUT2D eigenvalue weighted by Gasteiger charge is 2.22. The second-order valence-corrected chi connectivity index (χ2v) is 8.77. The Balaban J connectivity index is 1.95. The van der Waals surface area contributed by atoms with E-state index in [0.29, 0.717) is 21.3 Å². The fraction of sp³-hybridized carbons (Fsp3) is 0.167. The molecule has 0 radical (unpaired) electrons. The number of benzene rings is 1. The molecule has 1 unspecified atom stereocenters. The van der Waals surface area contributed by atoms with Crippen molar-refractivity contribution in [2.45, 2.75) is 17.9 Å². The van der Waals surface area contributed by atoms with Crippen LogP contribution in [-0.2, 0) is 10.0 Å². The lowest BCUT2D eigenvalue weighted by atomic mass is 10.1. The van der Waals surface area contributed by atoms with Gasteiger partial charge in [-0.05, 0) is 59.3 Å². The molecule has 0 spiro atoms. The third-order valence-electron chi connectivity index (χ3n) is 4.19. The second-order valence-electron chi connectivity index (χ2n) is 6.21. The predicted molar refractivity (Wildman–Crippen MR) is 112 cm³/mol. The third-order valence-corrected chi connectivity index (χ3v) is 6.38. The number of aromatic nitrogens is 2. The summed E-state index contributed by atoms with van der Waals surface area (Å²) < 4.78 is 33.5. The van der Waals surface area contributed by atoms with E-state index in [1.54, 1.807) is 25.1 Å². The number of sulfonamides is 1. The van der Waals surface area contributed by atoms with Crippen LogP contribution in [-0.4, -0.2) is 31.4 Å². The Morgan fingerprint density at radius 2 is 1.86 bits per heavy atom. The fourth-order valence-corrected chi connectivity index (χ4v) is 4.61. The Hall–Kier alpha value is -2.76. The molecule has 152 valence electrons.